The monoisotopic (exact) mass is 293 g/mol. The Balaban J connectivity index is 1.82. The fourth-order valence-corrected chi connectivity index (χ4v) is 5.14. The average molecular weight is 293 g/mol. The fraction of sp³-hybridized carbons (Fsp3) is 0.812. The van der Waals surface area contributed by atoms with E-state index in [4.69, 9.17) is 4.98 Å². The molecule has 0 saturated carbocycles. The van der Waals surface area contributed by atoms with Gasteiger partial charge in [0.15, 0.2) is 5.13 Å². The highest BCUT2D eigenvalue weighted by molar-refractivity contribution is 7.15. The van der Waals surface area contributed by atoms with E-state index in [1.54, 1.807) is 0 Å². The van der Waals surface area contributed by atoms with Crippen molar-refractivity contribution in [2.75, 3.05) is 11.4 Å². The molecule has 112 valence electrons. The Morgan fingerprint density at radius 1 is 1.25 bits per heavy atom. The molecule has 20 heavy (non-hydrogen) atoms. The molecule has 2 aliphatic rings. The minimum atomic E-state index is 0.710. The Hall–Kier alpha value is -0.610. The summed E-state index contributed by atoms with van der Waals surface area (Å²) in [6, 6.07) is 2.14. The summed E-state index contributed by atoms with van der Waals surface area (Å²) in [4.78, 5) is 9.02. The summed E-state index contributed by atoms with van der Waals surface area (Å²) in [5.74, 6) is 0. The fourth-order valence-electron chi connectivity index (χ4n) is 4.00. The van der Waals surface area contributed by atoms with E-state index in [0.717, 1.165) is 19.0 Å². The van der Waals surface area contributed by atoms with Crippen LogP contribution in [0.4, 0.5) is 5.13 Å². The van der Waals surface area contributed by atoms with Crippen LogP contribution >= 0.6 is 11.3 Å². The molecule has 2 fully saturated rings. The largest absolute Gasteiger partial charge is 0.342 e. The number of rotatable bonds is 4. The first-order valence-electron chi connectivity index (χ1n) is 8.20. The summed E-state index contributed by atoms with van der Waals surface area (Å²) in [5, 5.41) is 4.96. The van der Waals surface area contributed by atoms with E-state index in [-0.39, 0.29) is 0 Å². The Labute approximate surface area is 126 Å². The third kappa shape index (κ3) is 2.60. The molecule has 2 bridgehead atoms. The Kier molecular flexibility index (Phi) is 4.32. The second kappa shape index (κ2) is 6.02. The van der Waals surface area contributed by atoms with Gasteiger partial charge >= 0.3 is 0 Å². The Bertz CT molecular complexity index is 443. The number of anilines is 1. The standard InChI is InChI=1S/C16H27N3S/c1-4-15-11(3)20-16(18-15)19-13-7-6-8-14(19)10-12(9-13)17-5-2/h12-14,17H,4-10H2,1-3H3. The predicted molar refractivity (Wildman–Crippen MR) is 86.8 cm³/mol. The molecule has 2 atom stereocenters. The van der Waals surface area contributed by atoms with Crippen LogP contribution in [0.3, 0.4) is 0 Å². The number of hydrogen-bond acceptors (Lipinski definition) is 4. The molecule has 0 aliphatic carbocycles. The number of thiazole rings is 1. The first kappa shape index (κ1) is 14.3. The SMILES string of the molecule is CCNC1CC2CCCC(C1)N2c1nc(CC)c(C)s1. The van der Waals surface area contributed by atoms with Gasteiger partial charge in [-0.15, -0.1) is 11.3 Å². The maximum absolute atomic E-state index is 4.93. The van der Waals surface area contributed by atoms with Gasteiger partial charge < -0.3 is 10.2 Å². The van der Waals surface area contributed by atoms with E-state index in [0.29, 0.717) is 12.1 Å². The van der Waals surface area contributed by atoms with Gasteiger partial charge in [-0.3, -0.25) is 0 Å². The zero-order valence-electron chi connectivity index (χ0n) is 13.0. The van der Waals surface area contributed by atoms with Gasteiger partial charge in [-0.2, -0.15) is 0 Å². The van der Waals surface area contributed by atoms with Gasteiger partial charge in [0.25, 0.3) is 0 Å². The molecule has 0 amide bonds. The predicted octanol–water partition coefficient (Wildman–Crippen LogP) is 3.51. The van der Waals surface area contributed by atoms with Crippen molar-refractivity contribution in [3.05, 3.63) is 10.6 Å². The van der Waals surface area contributed by atoms with Crippen LogP contribution in [-0.2, 0) is 6.42 Å². The lowest BCUT2D eigenvalue weighted by atomic mass is 9.82. The van der Waals surface area contributed by atoms with Crippen LogP contribution in [0.5, 0.6) is 0 Å². The minimum Gasteiger partial charge on any atom is -0.342 e. The number of piperidine rings is 2. The van der Waals surface area contributed by atoms with Gasteiger partial charge in [-0.05, 0) is 52.0 Å². The van der Waals surface area contributed by atoms with E-state index >= 15 is 0 Å². The molecule has 0 spiro atoms. The van der Waals surface area contributed by atoms with E-state index in [2.05, 4.69) is 31.0 Å². The quantitative estimate of drug-likeness (QED) is 0.920. The summed E-state index contributed by atoms with van der Waals surface area (Å²) in [7, 11) is 0. The first-order chi connectivity index (χ1) is 9.72. The molecule has 3 heterocycles. The highest BCUT2D eigenvalue weighted by Crippen LogP contribution is 2.40. The summed E-state index contributed by atoms with van der Waals surface area (Å²) < 4.78 is 0. The van der Waals surface area contributed by atoms with Gasteiger partial charge in [0.2, 0.25) is 0 Å². The highest BCUT2D eigenvalue weighted by atomic mass is 32.1. The molecule has 0 radical (unpaired) electrons. The van der Waals surface area contributed by atoms with Crippen molar-refractivity contribution in [3.8, 4) is 0 Å². The van der Waals surface area contributed by atoms with E-state index < -0.39 is 0 Å². The lowest BCUT2D eigenvalue weighted by Gasteiger charge is -2.49. The smallest absolute Gasteiger partial charge is 0.186 e. The molecular formula is C16H27N3S. The average Bonchev–Trinajstić information content (AvgIpc) is 2.79. The third-order valence-electron chi connectivity index (χ3n) is 4.90. The van der Waals surface area contributed by atoms with Gasteiger partial charge in [0, 0.05) is 23.0 Å². The van der Waals surface area contributed by atoms with Crippen molar-refractivity contribution in [2.24, 2.45) is 0 Å². The number of nitrogens with zero attached hydrogens (tertiary/aromatic N) is 2. The topological polar surface area (TPSA) is 28.2 Å². The molecular weight excluding hydrogens is 266 g/mol. The number of fused-ring (bicyclic) bond motifs is 2. The minimum absolute atomic E-state index is 0.710. The van der Waals surface area contributed by atoms with Crippen molar-refractivity contribution in [2.45, 2.75) is 77.4 Å². The van der Waals surface area contributed by atoms with Crippen molar-refractivity contribution in [3.63, 3.8) is 0 Å². The lowest BCUT2D eigenvalue weighted by molar-refractivity contribution is 0.247. The van der Waals surface area contributed by atoms with Gasteiger partial charge in [0.1, 0.15) is 0 Å². The molecule has 1 aromatic rings. The van der Waals surface area contributed by atoms with Crippen LogP contribution in [-0.4, -0.2) is 29.7 Å². The van der Waals surface area contributed by atoms with Crippen molar-refractivity contribution >= 4 is 16.5 Å². The van der Waals surface area contributed by atoms with Crippen LogP contribution in [0.1, 0.15) is 56.5 Å². The van der Waals surface area contributed by atoms with Crippen LogP contribution in [0.25, 0.3) is 0 Å². The number of aryl methyl sites for hydroxylation is 2. The van der Waals surface area contributed by atoms with Gasteiger partial charge in [-0.25, -0.2) is 4.98 Å². The summed E-state index contributed by atoms with van der Waals surface area (Å²) in [6.07, 6.45) is 7.74. The van der Waals surface area contributed by atoms with Crippen molar-refractivity contribution < 1.29 is 0 Å². The summed E-state index contributed by atoms with van der Waals surface area (Å²) in [6.45, 7) is 7.76. The summed E-state index contributed by atoms with van der Waals surface area (Å²) >= 11 is 1.91. The normalized spacial score (nSPS) is 29.8. The maximum Gasteiger partial charge on any atom is 0.186 e. The van der Waals surface area contributed by atoms with Crippen molar-refractivity contribution in [1.82, 2.24) is 10.3 Å². The number of aromatic nitrogens is 1. The molecule has 2 saturated heterocycles. The van der Waals surface area contributed by atoms with Crippen LogP contribution in [0, 0.1) is 6.92 Å². The second-order valence-electron chi connectivity index (χ2n) is 6.22. The third-order valence-corrected chi connectivity index (χ3v) is 5.93. The van der Waals surface area contributed by atoms with Gasteiger partial charge in [0.05, 0.1) is 5.69 Å². The Morgan fingerprint density at radius 3 is 2.50 bits per heavy atom. The summed E-state index contributed by atoms with van der Waals surface area (Å²) in [5.41, 5.74) is 1.30. The van der Waals surface area contributed by atoms with E-state index in [9.17, 15) is 0 Å². The van der Waals surface area contributed by atoms with Crippen LogP contribution in [0.2, 0.25) is 0 Å². The highest BCUT2D eigenvalue weighted by Gasteiger charge is 2.39. The molecule has 2 aliphatic heterocycles. The molecule has 3 nitrogen and oxygen atoms in total. The van der Waals surface area contributed by atoms with Gasteiger partial charge in [-0.1, -0.05) is 13.8 Å². The van der Waals surface area contributed by atoms with Crippen LogP contribution < -0.4 is 10.2 Å². The van der Waals surface area contributed by atoms with Crippen molar-refractivity contribution in [1.29, 1.82) is 0 Å². The molecule has 4 heteroatoms. The molecule has 0 aromatic carbocycles. The molecule has 1 aromatic heterocycles. The zero-order chi connectivity index (χ0) is 14.1. The number of nitrogens with one attached hydrogen (secondary N) is 1. The molecule has 2 unspecified atom stereocenters. The van der Waals surface area contributed by atoms with E-state index in [1.165, 1.54) is 47.8 Å². The lowest BCUT2D eigenvalue weighted by Crippen LogP contribution is -2.56. The molecule has 3 rings (SSSR count). The zero-order valence-corrected chi connectivity index (χ0v) is 13.8. The second-order valence-corrected chi connectivity index (χ2v) is 7.41. The number of hydrogen-bond donors (Lipinski definition) is 1. The maximum atomic E-state index is 4.93. The first-order valence-corrected chi connectivity index (χ1v) is 9.02. The van der Waals surface area contributed by atoms with E-state index in [1.807, 2.05) is 11.3 Å². The molecule has 1 N–H and O–H groups in total. The van der Waals surface area contributed by atoms with Crippen LogP contribution in [0.15, 0.2) is 0 Å². The Morgan fingerprint density at radius 2 is 1.95 bits per heavy atom.